The molecule has 1 saturated carbocycles. The van der Waals surface area contributed by atoms with E-state index in [0.29, 0.717) is 10.7 Å². The molecule has 0 bridgehead atoms. The van der Waals surface area contributed by atoms with Crippen LogP contribution in [0.1, 0.15) is 50.6 Å². The molecular formula is C11H18BrN3. The van der Waals surface area contributed by atoms with Gasteiger partial charge in [-0.25, -0.2) is 4.68 Å². The molecule has 15 heavy (non-hydrogen) atoms. The number of halogens is 1. The van der Waals surface area contributed by atoms with Gasteiger partial charge < -0.3 is 0 Å². The standard InChI is InChI=1S/C11H18BrN3/c1-2-15-11(8-13-14-15)9-5-3-4-6-10(12)7-9/h8-10H,2-7H2,1H3. The van der Waals surface area contributed by atoms with Gasteiger partial charge in [0.25, 0.3) is 0 Å². The van der Waals surface area contributed by atoms with Gasteiger partial charge in [-0.3, -0.25) is 0 Å². The number of aromatic nitrogens is 3. The lowest BCUT2D eigenvalue weighted by atomic mass is 9.97. The summed E-state index contributed by atoms with van der Waals surface area (Å²) in [4.78, 5) is 0.671. The number of rotatable bonds is 2. The Bertz CT molecular complexity index is 311. The number of nitrogens with zero attached hydrogens (tertiary/aromatic N) is 3. The highest BCUT2D eigenvalue weighted by molar-refractivity contribution is 9.09. The summed E-state index contributed by atoms with van der Waals surface area (Å²) in [5, 5.41) is 8.14. The fraction of sp³-hybridized carbons (Fsp3) is 0.818. The third-order valence-corrected chi connectivity index (χ3v) is 4.06. The first kappa shape index (κ1) is 11.1. The van der Waals surface area contributed by atoms with Crippen molar-refractivity contribution in [2.45, 2.75) is 56.3 Å². The Morgan fingerprint density at radius 2 is 2.27 bits per heavy atom. The molecule has 1 aromatic rings. The Labute approximate surface area is 99.4 Å². The van der Waals surface area contributed by atoms with Crippen LogP contribution in [0.5, 0.6) is 0 Å². The zero-order valence-electron chi connectivity index (χ0n) is 9.19. The van der Waals surface area contributed by atoms with Crippen molar-refractivity contribution >= 4 is 15.9 Å². The average molecular weight is 272 g/mol. The molecular weight excluding hydrogens is 254 g/mol. The largest absolute Gasteiger partial charge is 0.249 e. The molecule has 2 rings (SSSR count). The van der Waals surface area contributed by atoms with Crippen LogP contribution in [0.2, 0.25) is 0 Å². The first-order valence-corrected chi connectivity index (χ1v) is 6.75. The van der Waals surface area contributed by atoms with Gasteiger partial charge in [0.15, 0.2) is 0 Å². The van der Waals surface area contributed by atoms with E-state index in [9.17, 15) is 0 Å². The maximum Gasteiger partial charge on any atom is 0.0728 e. The molecule has 2 unspecified atom stereocenters. The van der Waals surface area contributed by atoms with Crippen LogP contribution in [-0.4, -0.2) is 19.8 Å². The van der Waals surface area contributed by atoms with E-state index in [0.717, 1.165) is 6.54 Å². The fourth-order valence-electron chi connectivity index (χ4n) is 2.40. The van der Waals surface area contributed by atoms with Crippen molar-refractivity contribution in [1.82, 2.24) is 15.0 Å². The van der Waals surface area contributed by atoms with Crippen molar-refractivity contribution in [3.63, 3.8) is 0 Å². The fourth-order valence-corrected chi connectivity index (χ4v) is 3.17. The SMILES string of the molecule is CCn1nncc1C1CCCCC(Br)C1. The number of aryl methyl sites for hydroxylation is 1. The first-order valence-electron chi connectivity index (χ1n) is 5.83. The normalized spacial score (nSPS) is 27.6. The molecule has 0 spiro atoms. The van der Waals surface area contributed by atoms with Gasteiger partial charge in [0.2, 0.25) is 0 Å². The van der Waals surface area contributed by atoms with Crippen molar-refractivity contribution in [1.29, 1.82) is 0 Å². The van der Waals surface area contributed by atoms with Gasteiger partial charge in [-0.2, -0.15) is 0 Å². The predicted molar refractivity (Wildman–Crippen MR) is 64.2 cm³/mol. The molecule has 1 aliphatic carbocycles. The maximum absolute atomic E-state index is 4.12. The summed E-state index contributed by atoms with van der Waals surface area (Å²) in [6, 6.07) is 0. The Balaban J connectivity index is 2.14. The molecule has 1 fully saturated rings. The van der Waals surface area contributed by atoms with Gasteiger partial charge in [0.1, 0.15) is 0 Å². The van der Waals surface area contributed by atoms with Crippen molar-refractivity contribution in [2.24, 2.45) is 0 Å². The van der Waals surface area contributed by atoms with E-state index in [-0.39, 0.29) is 0 Å². The summed E-state index contributed by atoms with van der Waals surface area (Å²) in [6.45, 7) is 3.05. The highest BCUT2D eigenvalue weighted by Crippen LogP contribution is 2.34. The summed E-state index contributed by atoms with van der Waals surface area (Å²) in [6.07, 6.45) is 8.45. The summed E-state index contributed by atoms with van der Waals surface area (Å²) < 4.78 is 2.04. The smallest absolute Gasteiger partial charge is 0.0728 e. The lowest BCUT2D eigenvalue weighted by Gasteiger charge is -2.16. The van der Waals surface area contributed by atoms with E-state index in [2.05, 4.69) is 33.2 Å². The Morgan fingerprint density at radius 1 is 1.47 bits per heavy atom. The Morgan fingerprint density at radius 3 is 3.07 bits per heavy atom. The highest BCUT2D eigenvalue weighted by Gasteiger charge is 2.22. The predicted octanol–water partition coefficient (Wildman–Crippen LogP) is 3.11. The van der Waals surface area contributed by atoms with Crippen LogP contribution in [0.25, 0.3) is 0 Å². The zero-order valence-corrected chi connectivity index (χ0v) is 10.8. The molecule has 1 aromatic heterocycles. The van der Waals surface area contributed by atoms with Crippen molar-refractivity contribution in [3.05, 3.63) is 11.9 Å². The minimum absolute atomic E-state index is 0.645. The summed E-state index contributed by atoms with van der Waals surface area (Å²) >= 11 is 3.76. The van der Waals surface area contributed by atoms with E-state index in [4.69, 9.17) is 0 Å². The molecule has 0 N–H and O–H groups in total. The quantitative estimate of drug-likeness (QED) is 0.611. The van der Waals surface area contributed by atoms with E-state index < -0.39 is 0 Å². The van der Waals surface area contributed by atoms with Crippen LogP contribution < -0.4 is 0 Å². The summed E-state index contributed by atoms with van der Waals surface area (Å²) in [7, 11) is 0. The molecule has 4 heteroatoms. The van der Waals surface area contributed by atoms with Crippen molar-refractivity contribution in [2.75, 3.05) is 0 Å². The second kappa shape index (κ2) is 5.10. The minimum atomic E-state index is 0.645. The topological polar surface area (TPSA) is 30.7 Å². The third kappa shape index (κ3) is 2.60. The van der Waals surface area contributed by atoms with Gasteiger partial charge >= 0.3 is 0 Å². The average Bonchev–Trinajstić information content (AvgIpc) is 2.61. The van der Waals surface area contributed by atoms with E-state index >= 15 is 0 Å². The Hall–Kier alpha value is -0.380. The molecule has 1 aliphatic rings. The first-order chi connectivity index (χ1) is 7.31. The Kier molecular flexibility index (Phi) is 3.78. The second-order valence-electron chi connectivity index (χ2n) is 4.29. The molecule has 0 radical (unpaired) electrons. The van der Waals surface area contributed by atoms with Crippen LogP contribution in [-0.2, 0) is 6.54 Å². The highest BCUT2D eigenvalue weighted by atomic mass is 79.9. The third-order valence-electron chi connectivity index (χ3n) is 3.23. The van der Waals surface area contributed by atoms with Crippen LogP contribution in [0.4, 0.5) is 0 Å². The minimum Gasteiger partial charge on any atom is -0.249 e. The molecule has 0 aromatic carbocycles. The maximum atomic E-state index is 4.12. The zero-order chi connectivity index (χ0) is 10.7. The van der Waals surface area contributed by atoms with Gasteiger partial charge in [0, 0.05) is 17.3 Å². The summed E-state index contributed by atoms with van der Waals surface area (Å²) in [5.74, 6) is 0.645. The van der Waals surface area contributed by atoms with Gasteiger partial charge in [0.05, 0.1) is 11.9 Å². The van der Waals surface area contributed by atoms with Crippen LogP contribution >= 0.6 is 15.9 Å². The molecule has 0 aliphatic heterocycles. The van der Waals surface area contributed by atoms with Crippen molar-refractivity contribution < 1.29 is 0 Å². The van der Waals surface area contributed by atoms with Gasteiger partial charge in [-0.15, -0.1) is 5.10 Å². The van der Waals surface area contributed by atoms with Crippen LogP contribution in [0, 0.1) is 0 Å². The second-order valence-corrected chi connectivity index (χ2v) is 5.58. The van der Waals surface area contributed by atoms with Crippen LogP contribution in [0.3, 0.4) is 0 Å². The number of alkyl halides is 1. The van der Waals surface area contributed by atoms with Crippen molar-refractivity contribution in [3.8, 4) is 0 Å². The molecule has 0 amide bonds. The monoisotopic (exact) mass is 271 g/mol. The molecule has 0 saturated heterocycles. The molecule has 2 atom stereocenters. The van der Waals surface area contributed by atoms with E-state index in [1.165, 1.54) is 37.8 Å². The van der Waals surface area contributed by atoms with Gasteiger partial charge in [-0.05, 0) is 26.2 Å². The lowest BCUT2D eigenvalue weighted by molar-refractivity contribution is 0.516. The lowest BCUT2D eigenvalue weighted by Crippen LogP contribution is -2.10. The molecule has 3 nitrogen and oxygen atoms in total. The summed E-state index contributed by atoms with van der Waals surface area (Å²) in [5.41, 5.74) is 1.32. The number of hydrogen-bond donors (Lipinski definition) is 0. The number of hydrogen-bond acceptors (Lipinski definition) is 2. The molecule has 1 heterocycles. The molecule has 84 valence electrons. The van der Waals surface area contributed by atoms with Gasteiger partial charge in [-0.1, -0.05) is 34.0 Å². The van der Waals surface area contributed by atoms with Crippen LogP contribution in [0.15, 0.2) is 6.20 Å². The van der Waals surface area contributed by atoms with E-state index in [1.54, 1.807) is 0 Å². The van der Waals surface area contributed by atoms with E-state index in [1.807, 2.05) is 10.9 Å².